The molecular formula is C19H14Cl2N2O4. The van der Waals surface area contributed by atoms with Gasteiger partial charge in [-0.05, 0) is 30.7 Å². The highest BCUT2D eigenvalue weighted by Gasteiger charge is 2.29. The Kier molecular flexibility index (Phi) is 5.48. The fraction of sp³-hybridized carbons (Fsp3) is 0.105. The van der Waals surface area contributed by atoms with Gasteiger partial charge in [-0.25, -0.2) is 4.79 Å². The van der Waals surface area contributed by atoms with Crippen molar-refractivity contribution < 1.29 is 18.8 Å². The predicted octanol–water partition coefficient (Wildman–Crippen LogP) is 5.00. The molecule has 1 N–H and O–H groups in total. The van der Waals surface area contributed by atoms with Crippen molar-refractivity contribution in [3.63, 3.8) is 0 Å². The van der Waals surface area contributed by atoms with E-state index in [0.29, 0.717) is 11.1 Å². The first-order chi connectivity index (χ1) is 12.9. The molecule has 27 heavy (non-hydrogen) atoms. The van der Waals surface area contributed by atoms with E-state index in [0.717, 1.165) is 5.56 Å². The molecule has 138 valence electrons. The quantitative estimate of drug-likeness (QED) is 0.618. The van der Waals surface area contributed by atoms with Crippen molar-refractivity contribution in [3.8, 4) is 11.3 Å². The first-order valence-corrected chi connectivity index (χ1v) is 8.59. The molecule has 0 radical (unpaired) electrons. The Morgan fingerprint density at radius 3 is 2.37 bits per heavy atom. The number of methoxy groups -OCH3 is 1. The zero-order valence-electron chi connectivity index (χ0n) is 14.4. The third-order valence-electron chi connectivity index (χ3n) is 3.90. The number of carbonyl (C=O) groups excluding carboxylic acids is 2. The Balaban J connectivity index is 2.08. The molecule has 1 heterocycles. The average Bonchev–Trinajstić information content (AvgIpc) is 3.04. The van der Waals surface area contributed by atoms with Crippen LogP contribution in [0.15, 0.2) is 47.0 Å². The Labute approximate surface area is 165 Å². The minimum atomic E-state index is -0.748. The van der Waals surface area contributed by atoms with Gasteiger partial charge < -0.3 is 9.26 Å². The average molecular weight is 405 g/mol. The fourth-order valence-electron chi connectivity index (χ4n) is 2.56. The van der Waals surface area contributed by atoms with Crippen LogP contribution in [0.1, 0.15) is 26.3 Å². The van der Waals surface area contributed by atoms with Gasteiger partial charge in [-0.2, -0.15) is 0 Å². The van der Waals surface area contributed by atoms with Crippen molar-refractivity contribution in [3.05, 3.63) is 69.2 Å². The zero-order chi connectivity index (χ0) is 19.6. The molecule has 2 aromatic carbocycles. The van der Waals surface area contributed by atoms with E-state index in [-0.39, 0.29) is 27.2 Å². The van der Waals surface area contributed by atoms with Crippen LogP contribution in [0, 0.1) is 6.92 Å². The van der Waals surface area contributed by atoms with Crippen LogP contribution >= 0.6 is 23.2 Å². The summed E-state index contributed by atoms with van der Waals surface area (Å²) in [6.07, 6.45) is 0. The number of halogens is 2. The van der Waals surface area contributed by atoms with Gasteiger partial charge in [0, 0.05) is 11.1 Å². The molecule has 0 aliphatic carbocycles. The second kappa shape index (κ2) is 7.82. The number of amides is 1. The maximum absolute atomic E-state index is 12.6. The van der Waals surface area contributed by atoms with Crippen molar-refractivity contribution in [1.82, 2.24) is 5.16 Å². The third kappa shape index (κ3) is 3.67. The van der Waals surface area contributed by atoms with E-state index in [1.807, 2.05) is 6.07 Å². The minimum absolute atomic E-state index is 0.0746. The highest BCUT2D eigenvalue weighted by atomic mass is 35.5. The molecule has 3 aromatic rings. The molecule has 1 amide bonds. The molecule has 8 heteroatoms. The summed E-state index contributed by atoms with van der Waals surface area (Å²) in [5.41, 5.74) is 1.51. The standard InChI is InChI=1S/C19H14Cl2N2O4/c1-10-6-3-4-7-11(10)17(24)22-18-15(19(25)26-2)16(23-27-18)14-12(20)8-5-9-13(14)21/h3-9H,1-2H3,(H,22,24). The van der Waals surface area contributed by atoms with Crippen LogP contribution < -0.4 is 5.32 Å². The largest absolute Gasteiger partial charge is 0.465 e. The van der Waals surface area contributed by atoms with Gasteiger partial charge >= 0.3 is 5.97 Å². The molecule has 6 nitrogen and oxygen atoms in total. The van der Waals surface area contributed by atoms with Gasteiger partial charge in [0.1, 0.15) is 5.69 Å². The van der Waals surface area contributed by atoms with E-state index in [1.54, 1.807) is 43.3 Å². The maximum atomic E-state index is 12.6. The van der Waals surface area contributed by atoms with Crippen LogP contribution in [0.3, 0.4) is 0 Å². The maximum Gasteiger partial charge on any atom is 0.345 e. The highest BCUT2D eigenvalue weighted by molar-refractivity contribution is 6.39. The number of esters is 1. The van der Waals surface area contributed by atoms with E-state index >= 15 is 0 Å². The molecule has 3 rings (SSSR count). The van der Waals surface area contributed by atoms with Crippen LogP contribution in [-0.4, -0.2) is 24.1 Å². The topological polar surface area (TPSA) is 81.4 Å². The number of ether oxygens (including phenoxy) is 1. The summed E-state index contributed by atoms with van der Waals surface area (Å²) in [4.78, 5) is 24.9. The molecule has 0 aliphatic rings. The summed E-state index contributed by atoms with van der Waals surface area (Å²) in [6.45, 7) is 1.80. The first-order valence-electron chi connectivity index (χ1n) is 7.83. The predicted molar refractivity (Wildman–Crippen MR) is 102 cm³/mol. The number of nitrogens with zero attached hydrogens (tertiary/aromatic N) is 1. The number of hydrogen-bond donors (Lipinski definition) is 1. The second-order valence-electron chi connectivity index (χ2n) is 5.59. The van der Waals surface area contributed by atoms with Crippen molar-refractivity contribution in [2.24, 2.45) is 0 Å². The molecule has 0 saturated carbocycles. The summed E-state index contributed by atoms with van der Waals surface area (Å²) < 4.78 is 10.0. The lowest BCUT2D eigenvalue weighted by atomic mass is 10.1. The number of carbonyl (C=O) groups is 2. The van der Waals surface area contributed by atoms with Crippen LogP contribution in [0.2, 0.25) is 10.0 Å². The number of nitrogens with one attached hydrogen (secondary N) is 1. The molecule has 0 saturated heterocycles. The van der Waals surface area contributed by atoms with E-state index in [1.165, 1.54) is 7.11 Å². The molecule has 0 atom stereocenters. The molecule has 0 bridgehead atoms. The number of aromatic nitrogens is 1. The van der Waals surface area contributed by atoms with Gasteiger partial charge in [0.15, 0.2) is 5.56 Å². The SMILES string of the molecule is COC(=O)c1c(-c2c(Cl)cccc2Cl)noc1NC(=O)c1ccccc1C. The lowest BCUT2D eigenvalue weighted by molar-refractivity contribution is 0.0602. The summed E-state index contributed by atoms with van der Waals surface area (Å²) in [6, 6.07) is 11.9. The van der Waals surface area contributed by atoms with Crippen molar-refractivity contribution in [2.45, 2.75) is 6.92 Å². The lowest BCUT2D eigenvalue weighted by Gasteiger charge is -2.07. The van der Waals surface area contributed by atoms with Crippen LogP contribution in [0.25, 0.3) is 11.3 Å². The third-order valence-corrected chi connectivity index (χ3v) is 4.53. The van der Waals surface area contributed by atoms with Crippen molar-refractivity contribution in [1.29, 1.82) is 0 Å². The molecule has 0 unspecified atom stereocenters. The summed E-state index contributed by atoms with van der Waals surface area (Å²) in [7, 11) is 1.21. The first kappa shape index (κ1) is 18.9. The Hall–Kier alpha value is -2.83. The van der Waals surface area contributed by atoms with Gasteiger partial charge in [0.25, 0.3) is 5.91 Å². The highest BCUT2D eigenvalue weighted by Crippen LogP contribution is 2.38. The molecular weight excluding hydrogens is 391 g/mol. The zero-order valence-corrected chi connectivity index (χ0v) is 15.9. The van der Waals surface area contributed by atoms with Gasteiger partial charge in [-0.3, -0.25) is 10.1 Å². The van der Waals surface area contributed by atoms with Gasteiger partial charge in [0.05, 0.1) is 17.2 Å². The smallest absolute Gasteiger partial charge is 0.345 e. The summed E-state index contributed by atoms with van der Waals surface area (Å²) in [5, 5.41) is 7.00. The fourth-order valence-corrected chi connectivity index (χ4v) is 3.14. The molecule has 1 aromatic heterocycles. The van der Waals surface area contributed by atoms with E-state index in [2.05, 4.69) is 10.5 Å². The van der Waals surface area contributed by atoms with Crippen molar-refractivity contribution >= 4 is 41.0 Å². The van der Waals surface area contributed by atoms with Gasteiger partial charge in [-0.15, -0.1) is 0 Å². The van der Waals surface area contributed by atoms with Gasteiger partial charge in [-0.1, -0.05) is 52.6 Å². The number of hydrogen-bond acceptors (Lipinski definition) is 5. The monoisotopic (exact) mass is 404 g/mol. The number of aryl methyl sites for hydroxylation is 1. The van der Waals surface area contributed by atoms with Crippen molar-refractivity contribution in [2.75, 3.05) is 12.4 Å². The lowest BCUT2D eigenvalue weighted by Crippen LogP contribution is -2.15. The van der Waals surface area contributed by atoms with Crippen LogP contribution in [-0.2, 0) is 4.74 Å². The molecule has 0 fully saturated rings. The Bertz CT molecular complexity index is 1010. The summed E-state index contributed by atoms with van der Waals surface area (Å²) >= 11 is 12.4. The minimum Gasteiger partial charge on any atom is -0.465 e. The number of rotatable bonds is 4. The normalized spacial score (nSPS) is 10.5. The molecule has 0 spiro atoms. The second-order valence-corrected chi connectivity index (χ2v) is 6.41. The Morgan fingerprint density at radius 2 is 1.74 bits per heavy atom. The number of anilines is 1. The van der Waals surface area contributed by atoms with E-state index < -0.39 is 11.9 Å². The van der Waals surface area contributed by atoms with Crippen LogP contribution in [0.4, 0.5) is 5.88 Å². The Morgan fingerprint density at radius 1 is 1.07 bits per heavy atom. The van der Waals surface area contributed by atoms with Crippen LogP contribution in [0.5, 0.6) is 0 Å². The van der Waals surface area contributed by atoms with E-state index in [9.17, 15) is 9.59 Å². The number of benzene rings is 2. The molecule has 0 aliphatic heterocycles. The van der Waals surface area contributed by atoms with E-state index in [4.69, 9.17) is 32.5 Å². The summed E-state index contributed by atoms with van der Waals surface area (Å²) in [5.74, 6) is -1.35. The van der Waals surface area contributed by atoms with Gasteiger partial charge in [0.2, 0.25) is 5.88 Å².